The number of aromatic nitrogens is 1. The van der Waals surface area contributed by atoms with Crippen molar-refractivity contribution in [2.24, 2.45) is 4.99 Å². The van der Waals surface area contributed by atoms with Gasteiger partial charge in [-0.15, -0.1) is 24.0 Å². The fourth-order valence-corrected chi connectivity index (χ4v) is 2.76. The van der Waals surface area contributed by atoms with Gasteiger partial charge in [-0.3, -0.25) is 4.99 Å². The number of guanidine groups is 1. The number of nitrogens with zero attached hydrogens (tertiary/aromatic N) is 2. The molecule has 2 rings (SSSR count). The smallest absolute Gasteiger partial charge is 0.191 e. The molecule has 1 aliphatic rings. The van der Waals surface area contributed by atoms with Crippen LogP contribution in [0.5, 0.6) is 0 Å². The lowest BCUT2D eigenvalue weighted by Gasteiger charge is -2.17. The average Bonchev–Trinajstić information content (AvgIpc) is 3.06. The van der Waals surface area contributed by atoms with Gasteiger partial charge in [-0.2, -0.15) is 0 Å². The summed E-state index contributed by atoms with van der Waals surface area (Å²) in [6, 6.07) is 0.470. The molecule has 0 saturated heterocycles. The minimum absolute atomic E-state index is 0. The zero-order valence-electron chi connectivity index (χ0n) is 13.8. The van der Waals surface area contributed by atoms with Crippen molar-refractivity contribution in [3.05, 3.63) is 29.2 Å². The molecule has 0 bridgehead atoms. The number of halogens is 1. The quantitative estimate of drug-likeness (QED) is 0.334. The molecule has 0 saturated carbocycles. The second kappa shape index (κ2) is 9.17. The molecule has 0 aromatic carbocycles. The monoisotopic (exact) mass is 418 g/mol. The number of nitrogens with one attached hydrogen (secondary N) is 2. The van der Waals surface area contributed by atoms with Gasteiger partial charge in [-0.05, 0) is 33.6 Å². The molecule has 0 aliphatic heterocycles. The molecule has 6 heteroatoms. The van der Waals surface area contributed by atoms with Crippen molar-refractivity contribution in [2.75, 3.05) is 13.1 Å². The Hall–Kier alpha value is -1.05. The first kappa shape index (κ1) is 19.0. The van der Waals surface area contributed by atoms with Gasteiger partial charge in [0.25, 0.3) is 0 Å². The highest BCUT2D eigenvalue weighted by molar-refractivity contribution is 14.0. The zero-order chi connectivity index (χ0) is 15.2. The fraction of sp³-hybridized carbons (Fsp3) is 0.625. The number of rotatable bonds is 5. The zero-order valence-corrected chi connectivity index (χ0v) is 16.2. The van der Waals surface area contributed by atoms with Gasteiger partial charge in [0.05, 0.1) is 5.69 Å². The molecule has 1 aromatic rings. The van der Waals surface area contributed by atoms with E-state index in [1.165, 1.54) is 5.56 Å². The van der Waals surface area contributed by atoms with E-state index < -0.39 is 0 Å². The van der Waals surface area contributed by atoms with E-state index in [0.717, 1.165) is 43.3 Å². The van der Waals surface area contributed by atoms with Crippen molar-refractivity contribution in [1.82, 2.24) is 15.8 Å². The van der Waals surface area contributed by atoms with Crippen LogP contribution in [-0.2, 0) is 0 Å². The third-order valence-corrected chi connectivity index (χ3v) is 3.80. The minimum atomic E-state index is 0. The molecule has 124 valence electrons. The van der Waals surface area contributed by atoms with E-state index in [1.807, 2.05) is 13.8 Å². The first-order valence-electron chi connectivity index (χ1n) is 7.74. The third-order valence-electron chi connectivity index (χ3n) is 3.80. The standard InChI is InChI=1S/C16H26N4O.HI/c1-5-17-16(19-14-8-6-7-9-14)18-10-11(2)15-12(3)20-21-13(15)4;/h6-7,11,14H,5,8-10H2,1-4H3,(H2,17,18,19);1H. The topological polar surface area (TPSA) is 62.5 Å². The number of hydrogen-bond donors (Lipinski definition) is 2. The van der Waals surface area contributed by atoms with Crippen LogP contribution in [0.15, 0.2) is 21.7 Å². The molecule has 1 heterocycles. The van der Waals surface area contributed by atoms with Gasteiger partial charge in [0.15, 0.2) is 5.96 Å². The van der Waals surface area contributed by atoms with Crippen molar-refractivity contribution in [3.63, 3.8) is 0 Å². The van der Waals surface area contributed by atoms with Crippen LogP contribution in [0.3, 0.4) is 0 Å². The van der Waals surface area contributed by atoms with E-state index >= 15 is 0 Å². The lowest BCUT2D eigenvalue weighted by atomic mass is 10.00. The maximum Gasteiger partial charge on any atom is 0.191 e. The van der Waals surface area contributed by atoms with Crippen molar-refractivity contribution >= 4 is 29.9 Å². The Balaban J connectivity index is 0.00000242. The molecular weight excluding hydrogens is 391 g/mol. The lowest BCUT2D eigenvalue weighted by Crippen LogP contribution is -2.42. The molecule has 1 aliphatic carbocycles. The molecular formula is C16H27IN4O. The first-order valence-corrected chi connectivity index (χ1v) is 7.74. The summed E-state index contributed by atoms with van der Waals surface area (Å²) in [4.78, 5) is 4.71. The Morgan fingerprint density at radius 2 is 2.09 bits per heavy atom. The van der Waals surface area contributed by atoms with Gasteiger partial charge >= 0.3 is 0 Å². The Morgan fingerprint density at radius 1 is 1.41 bits per heavy atom. The van der Waals surface area contributed by atoms with E-state index in [4.69, 9.17) is 9.52 Å². The summed E-state index contributed by atoms with van der Waals surface area (Å²) < 4.78 is 5.24. The SMILES string of the molecule is CCNC(=NCC(C)c1c(C)noc1C)NC1CC=CC1.I. The highest BCUT2D eigenvalue weighted by atomic mass is 127. The molecule has 0 spiro atoms. The van der Waals surface area contributed by atoms with Gasteiger partial charge in [0.1, 0.15) is 5.76 Å². The molecule has 22 heavy (non-hydrogen) atoms. The molecule has 1 aromatic heterocycles. The number of aliphatic imine (C=N–C) groups is 1. The summed E-state index contributed by atoms with van der Waals surface area (Å²) in [6.45, 7) is 9.78. The normalized spacial score (nSPS) is 16.5. The van der Waals surface area contributed by atoms with Crippen molar-refractivity contribution in [1.29, 1.82) is 0 Å². The van der Waals surface area contributed by atoms with E-state index in [0.29, 0.717) is 12.0 Å². The second-order valence-corrected chi connectivity index (χ2v) is 5.64. The van der Waals surface area contributed by atoms with Gasteiger partial charge in [0, 0.05) is 30.6 Å². The van der Waals surface area contributed by atoms with Crippen LogP contribution in [0.4, 0.5) is 0 Å². The Kier molecular flexibility index (Phi) is 7.92. The summed E-state index contributed by atoms with van der Waals surface area (Å²) in [5, 5.41) is 10.8. The van der Waals surface area contributed by atoms with Gasteiger partial charge in [-0.25, -0.2) is 0 Å². The van der Waals surface area contributed by atoms with Crippen molar-refractivity contribution < 1.29 is 4.52 Å². The first-order chi connectivity index (χ1) is 10.1. The largest absolute Gasteiger partial charge is 0.361 e. The summed E-state index contributed by atoms with van der Waals surface area (Å²) in [5.74, 6) is 2.09. The predicted molar refractivity (Wildman–Crippen MR) is 101 cm³/mol. The Bertz CT molecular complexity index is 497. The lowest BCUT2D eigenvalue weighted by molar-refractivity contribution is 0.391. The van der Waals surface area contributed by atoms with Crippen molar-refractivity contribution in [3.8, 4) is 0 Å². The van der Waals surface area contributed by atoms with E-state index in [2.05, 4.69) is 41.8 Å². The van der Waals surface area contributed by atoms with Crippen LogP contribution < -0.4 is 10.6 Å². The molecule has 1 unspecified atom stereocenters. The van der Waals surface area contributed by atoms with E-state index in [-0.39, 0.29) is 24.0 Å². The summed E-state index contributed by atoms with van der Waals surface area (Å²) in [6.07, 6.45) is 6.58. The van der Waals surface area contributed by atoms with Crippen LogP contribution in [-0.4, -0.2) is 30.2 Å². The van der Waals surface area contributed by atoms with Crippen LogP contribution in [0.1, 0.15) is 49.6 Å². The summed E-state index contributed by atoms with van der Waals surface area (Å²) in [5.41, 5.74) is 2.14. The van der Waals surface area contributed by atoms with Crippen LogP contribution >= 0.6 is 24.0 Å². The Labute approximate surface area is 150 Å². The second-order valence-electron chi connectivity index (χ2n) is 5.64. The highest BCUT2D eigenvalue weighted by Crippen LogP contribution is 2.23. The van der Waals surface area contributed by atoms with Gasteiger partial charge in [-0.1, -0.05) is 24.2 Å². The molecule has 0 fully saturated rings. The molecule has 2 N–H and O–H groups in total. The van der Waals surface area contributed by atoms with Gasteiger partial charge < -0.3 is 15.2 Å². The molecule has 0 amide bonds. The fourth-order valence-electron chi connectivity index (χ4n) is 2.76. The van der Waals surface area contributed by atoms with E-state index in [9.17, 15) is 0 Å². The number of aryl methyl sites for hydroxylation is 2. The van der Waals surface area contributed by atoms with E-state index in [1.54, 1.807) is 0 Å². The van der Waals surface area contributed by atoms with Crippen LogP contribution in [0, 0.1) is 13.8 Å². The predicted octanol–water partition coefficient (Wildman–Crippen LogP) is 3.29. The molecule has 0 radical (unpaired) electrons. The van der Waals surface area contributed by atoms with Crippen molar-refractivity contribution in [2.45, 2.75) is 52.5 Å². The van der Waals surface area contributed by atoms with Gasteiger partial charge in [0.2, 0.25) is 0 Å². The Morgan fingerprint density at radius 3 is 2.64 bits per heavy atom. The average molecular weight is 418 g/mol. The minimum Gasteiger partial charge on any atom is -0.361 e. The maximum absolute atomic E-state index is 5.24. The summed E-state index contributed by atoms with van der Waals surface area (Å²) in [7, 11) is 0. The summed E-state index contributed by atoms with van der Waals surface area (Å²) >= 11 is 0. The third kappa shape index (κ3) is 5.00. The maximum atomic E-state index is 5.24. The molecule has 1 atom stereocenters. The van der Waals surface area contributed by atoms with Crippen LogP contribution in [0.2, 0.25) is 0 Å². The molecule has 5 nitrogen and oxygen atoms in total. The number of hydrogen-bond acceptors (Lipinski definition) is 3. The van der Waals surface area contributed by atoms with Crippen LogP contribution in [0.25, 0.3) is 0 Å². The highest BCUT2D eigenvalue weighted by Gasteiger charge is 2.17.